The van der Waals surface area contributed by atoms with Gasteiger partial charge in [0.1, 0.15) is 11.8 Å². The SMILES string of the molecule is N#CCOc1ccc(N2CCNC2=O)cc1. The minimum absolute atomic E-state index is 0.0313. The lowest BCUT2D eigenvalue weighted by atomic mass is 10.3. The van der Waals surface area contributed by atoms with Crippen LogP contribution in [0.25, 0.3) is 0 Å². The highest BCUT2D eigenvalue weighted by molar-refractivity contribution is 5.94. The molecule has 0 spiro atoms. The van der Waals surface area contributed by atoms with Gasteiger partial charge in [0.25, 0.3) is 0 Å². The fraction of sp³-hybridized carbons (Fsp3) is 0.273. The standard InChI is InChI=1S/C11H11N3O2/c12-5-8-16-10-3-1-9(2-4-10)14-7-6-13-11(14)15/h1-4H,6-8H2,(H,13,15). The third-order valence-electron chi connectivity index (χ3n) is 2.31. The van der Waals surface area contributed by atoms with Crippen LogP contribution in [0.15, 0.2) is 24.3 Å². The van der Waals surface area contributed by atoms with E-state index in [2.05, 4.69) is 5.32 Å². The van der Waals surface area contributed by atoms with Gasteiger partial charge in [0.2, 0.25) is 0 Å². The molecule has 0 bridgehead atoms. The van der Waals surface area contributed by atoms with E-state index < -0.39 is 0 Å². The summed E-state index contributed by atoms with van der Waals surface area (Å²) in [6, 6.07) is 8.92. The van der Waals surface area contributed by atoms with Crippen LogP contribution in [-0.2, 0) is 0 Å². The molecule has 1 aromatic carbocycles. The van der Waals surface area contributed by atoms with Gasteiger partial charge < -0.3 is 10.1 Å². The van der Waals surface area contributed by atoms with Crippen molar-refractivity contribution in [1.82, 2.24) is 5.32 Å². The summed E-state index contributed by atoms with van der Waals surface area (Å²) < 4.78 is 5.12. The summed E-state index contributed by atoms with van der Waals surface area (Å²) in [5, 5.41) is 11.1. The Bertz CT molecular complexity index is 422. The largest absolute Gasteiger partial charge is 0.479 e. The molecule has 1 aromatic rings. The number of amides is 2. The molecule has 0 radical (unpaired) electrons. The molecule has 1 aliphatic rings. The zero-order chi connectivity index (χ0) is 11.4. The van der Waals surface area contributed by atoms with Crippen LogP contribution in [0, 0.1) is 11.3 Å². The normalized spacial score (nSPS) is 14.4. The lowest BCUT2D eigenvalue weighted by Crippen LogP contribution is -2.27. The summed E-state index contributed by atoms with van der Waals surface area (Å²) in [5.41, 5.74) is 0.833. The predicted octanol–water partition coefficient (Wildman–Crippen LogP) is 1.12. The van der Waals surface area contributed by atoms with Crippen LogP contribution in [0.5, 0.6) is 5.75 Å². The molecule has 2 amide bonds. The van der Waals surface area contributed by atoms with Crippen molar-refractivity contribution in [2.45, 2.75) is 0 Å². The first-order valence-electron chi connectivity index (χ1n) is 4.96. The van der Waals surface area contributed by atoms with Crippen LogP contribution in [0.2, 0.25) is 0 Å². The number of ether oxygens (including phenoxy) is 1. The van der Waals surface area contributed by atoms with Crippen LogP contribution < -0.4 is 15.0 Å². The predicted molar refractivity (Wildman–Crippen MR) is 58.3 cm³/mol. The lowest BCUT2D eigenvalue weighted by molar-refractivity contribution is 0.252. The number of hydrogen-bond donors (Lipinski definition) is 1. The van der Waals surface area contributed by atoms with Crippen molar-refractivity contribution in [2.24, 2.45) is 0 Å². The zero-order valence-electron chi connectivity index (χ0n) is 8.64. The third-order valence-corrected chi connectivity index (χ3v) is 2.31. The van der Waals surface area contributed by atoms with Crippen LogP contribution in [0.1, 0.15) is 0 Å². The van der Waals surface area contributed by atoms with Gasteiger partial charge >= 0.3 is 6.03 Å². The van der Waals surface area contributed by atoms with Crippen molar-refractivity contribution in [3.05, 3.63) is 24.3 Å². The molecule has 5 heteroatoms. The molecule has 2 rings (SSSR count). The number of nitrogens with zero attached hydrogens (tertiary/aromatic N) is 2. The first-order valence-corrected chi connectivity index (χ1v) is 4.96. The lowest BCUT2D eigenvalue weighted by Gasteiger charge is -2.14. The number of nitriles is 1. The minimum atomic E-state index is -0.0781. The minimum Gasteiger partial charge on any atom is -0.479 e. The Labute approximate surface area is 93.2 Å². The second kappa shape index (κ2) is 4.53. The van der Waals surface area contributed by atoms with Gasteiger partial charge in [-0.1, -0.05) is 0 Å². The van der Waals surface area contributed by atoms with Crippen molar-refractivity contribution in [3.8, 4) is 11.8 Å². The average Bonchev–Trinajstić information content (AvgIpc) is 2.74. The first-order chi connectivity index (χ1) is 7.81. The monoisotopic (exact) mass is 217 g/mol. The van der Waals surface area contributed by atoms with Gasteiger partial charge in [0.15, 0.2) is 6.61 Å². The number of anilines is 1. The van der Waals surface area contributed by atoms with Crippen molar-refractivity contribution in [2.75, 3.05) is 24.6 Å². The van der Waals surface area contributed by atoms with E-state index in [1.54, 1.807) is 29.2 Å². The number of carbonyl (C=O) groups is 1. The van der Waals surface area contributed by atoms with E-state index in [1.165, 1.54) is 0 Å². The molecular formula is C11H11N3O2. The van der Waals surface area contributed by atoms with Crippen molar-refractivity contribution in [1.29, 1.82) is 5.26 Å². The maximum absolute atomic E-state index is 11.4. The highest BCUT2D eigenvalue weighted by Crippen LogP contribution is 2.20. The summed E-state index contributed by atoms with van der Waals surface area (Å²) in [4.78, 5) is 13.0. The molecule has 0 aliphatic carbocycles. The number of carbonyl (C=O) groups excluding carboxylic acids is 1. The molecule has 0 aromatic heterocycles. The topological polar surface area (TPSA) is 65.4 Å². The van der Waals surface area contributed by atoms with Gasteiger partial charge in [-0.3, -0.25) is 4.90 Å². The Hall–Kier alpha value is -2.22. The number of rotatable bonds is 3. The molecule has 1 saturated heterocycles. The highest BCUT2D eigenvalue weighted by atomic mass is 16.5. The molecular weight excluding hydrogens is 206 g/mol. The fourth-order valence-electron chi connectivity index (χ4n) is 1.56. The van der Waals surface area contributed by atoms with E-state index in [0.717, 1.165) is 5.69 Å². The fourth-order valence-corrected chi connectivity index (χ4v) is 1.56. The molecule has 5 nitrogen and oxygen atoms in total. The summed E-state index contributed by atoms with van der Waals surface area (Å²) in [5.74, 6) is 0.630. The van der Waals surface area contributed by atoms with Gasteiger partial charge in [-0.2, -0.15) is 5.26 Å². The third kappa shape index (κ3) is 2.06. The van der Waals surface area contributed by atoms with E-state index in [9.17, 15) is 4.79 Å². The molecule has 0 saturated carbocycles. The van der Waals surface area contributed by atoms with Crippen LogP contribution in [0.4, 0.5) is 10.5 Å². The van der Waals surface area contributed by atoms with Gasteiger partial charge in [0, 0.05) is 18.8 Å². The van der Waals surface area contributed by atoms with E-state index in [0.29, 0.717) is 18.8 Å². The molecule has 1 heterocycles. The van der Waals surface area contributed by atoms with E-state index in [1.807, 2.05) is 6.07 Å². The van der Waals surface area contributed by atoms with Crippen molar-refractivity contribution < 1.29 is 9.53 Å². The van der Waals surface area contributed by atoms with Crippen molar-refractivity contribution in [3.63, 3.8) is 0 Å². The van der Waals surface area contributed by atoms with Crippen LogP contribution in [-0.4, -0.2) is 25.7 Å². The number of hydrogen-bond acceptors (Lipinski definition) is 3. The van der Waals surface area contributed by atoms with Gasteiger partial charge in [-0.25, -0.2) is 4.79 Å². The van der Waals surface area contributed by atoms with E-state index >= 15 is 0 Å². The van der Waals surface area contributed by atoms with E-state index in [4.69, 9.17) is 10.00 Å². The number of benzene rings is 1. The maximum Gasteiger partial charge on any atom is 0.321 e. The molecule has 0 atom stereocenters. The van der Waals surface area contributed by atoms with Gasteiger partial charge in [-0.15, -0.1) is 0 Å². The highest BCUT2D eigenvalue weighted by Gasteiger charge is 2.20. The Kier molecular flexibility index (Phi) is 2.92. The molecule has 16 heavy (non-hydrogen) atoms. The molecule has 0 unspecified atom stereocenters. The molecule has 1 fully saturated rings. The van der Waals surface area contributed by atoms with Crippen LogP contribution in [0.3, 0.4) is 0 Å². The summed E-state index contributed by atoms with van der Waals surface area (Å²) >= 11 is 0. The van der Waals surface area contributed by atoms with Gasteiger partial charge in [-0.05, 0) is 24.3 Å². The Morgan fingerprint density at radius 2 is 2.19 bits per heavy atom. The second-order valence-electron chi connectivity index (χ2n) is 3.32. The second-order valence-corrected chi connectivity index (χ2v) is 3.32. The summed E-state index contributed by atoms with van der Waals surface area (Å²) in [7, 11) is 0. The Morgan fingerprint density at radius 3 is 2.75 bits per heavy atom. The molecule has 1 aliphatic heterocycles. The average molecular weight is 217 g/mol. The molecule has 1 N–H and O–H groups in total. The number of nitrogens with one attached hydrogen (secondary N) is 1. The smallest absolute Gasteiger partial charge is 0.321 e. The van der Waals surface area contributed by atoms with Gasteiger partial charge in [0.05, 0.1) is 0 Å². The van der Waals surface area contributed by atoms with Crippen molar-refractivity contribution >= 4 is 11.7 Å². The zero-order valence-corrected chi connectivity index (χ0v) is 8.64. The Balaban J connectivity index is 2.07. The first kappa shape index (κ1) is 10.3. The Morgan fingerprint density at radius 1 is 1.44 bits per heavy atom. The van der Waals surface area contributed by atoms with Crippen LogP contribution >= 0.6 is 0 Å². The van der Waals surface area contributed by atoms with E-state index in [-0.39, 0.29) is 12.6 Å². The summed E-state index contributed by atoms with van der Waals surface area (Å²) in [6.07, 6.45) is 0. The summed E-state index contributed by atoms with van der Waals surface area (Å²) in [6.45, 7) is 1.38. The quantitative estimate of drug-likeness (QED) is 0.825. The molecule has 82 valence electrons. The number of urea groups is 1. The maximum atomic E-state index is 11.4.